The zero-order chi connectivity index (χ0) is 10.1. The first kappa shape index (κ1) is 11.2. The summed E-state index contributed by atoms with van der Waals surface area (Å²) in [6.07, 6.45) is 0. The molecule has 0 spiro atoms. The molecule has 1 aliphatic rings. The number of hydrogen-bond donors (Lipinski definition) is 0. The summed E-state index contributed by atoms with van der Waals surface area (Å²) in [5, 5.41) is 0. The van der Waals surface area contributed by atoms with Crippen LogP contribution in [-0.2, 0) is 14.3 Å². The Balaban J connectivity index is 2.70. The van der Waals surface area contributed by atoms with Crippen LogP contribution in [0.15, 0.2) is 0 Å². The molecule has 2 unspecified atom stereocenters. The lowest BCUT2D eigenvalue weighted by Gasteiger charge is -2.24. The van der Waals surface area contributed by atoms with Crippen LogP contribution in [0, 0.1) is 5.92 Å². The minimum Gasteiger partial charge on any atom is -0.466 e. The normalized spacial score (nSPS) is 31.7. The average molecular weight is 298 g/mol. The molecule has 0 radical (unpaired) electrons. The Morgan fingerprint density at radius 3 is 2.69 bits per heavy atom. The van der Waals surface area contributed by atoms with Crippen molar-refractivity contribution in [2.24, 2.45) is 5.92 Å². The summed E-state index contributed by atoms with van der Waals surface area (Å²) in [5.41, 5.74) is -0.377. The summed E-state index contributed by atoms with van der Waals surface area (Å²) in [6.45, 7) is 6.77. The first-order valence-corrected chi connectivity index (χ1v) is 5.68. The number of hydrogen-bond acceptors (Lipinski definition) is 3. The van der Waals surface area contributed by atoms with E-state index in [1.807, 2.05) is 20.8 Å². The number of carbonyl (C=O) groups is 1. The second-order valence-electron chi connectivity index (χ2n) is 3.66. The summed E-state index contributed by atoms with van der Waals surface area (Å²) in [6, 6.07) is 0. The van der Waals surface area contributed by atoms with Crippen molar-refractivity contribution in [3.05, 3.63) is 0 Å². The average Bonchev–Trinajstić information content (AvgIpc) is 2.26. The molecule has 0 saturated carbocycles. The van der Waals surface area contributed by atoms with Crippen LogP contribution >= 0.6 is 22.6 Å². The van der Waals surface area contributed by atoms with Gasteiger partial charge in [0, 0.05) is 0 Å². The molecule has 1 aliphatic heterocycles. The van der Waals surface area contributed by atoms with Gasteiger partial charge in [-0.25, -0.2) is 0 Å². The molecular weight excluding hydrogens is 283 g/mol. The maximum Gasteiger partial charge on any atom is 0.313 e. The number of halogens is 1. The van der Waals surface area contributed by atoms with Crippen LogP contribution in [0.4, 0.5) is 0 Å². The van der Waals surface area contributed by atoms with Crippen molar-refractivity contribution in [2.75, 3.05) is 13.2 Å². The zero-order valence-corrected chi connectivity index (χ0v) is 10.3. The molecule has 0 amide bonds. The molecule has 1 fully saturated rings. The van der Waals surface area contributed by atoms with E-state index in [-0.39, 0.29) is 21.4 Å². The van der Waals surface area contributed by atoms with Gasteiger partial charge in [0.1, 0.15) is 0 Å². The van der Waals surface area contributed by atoms with Crippen molar-refractivity contribution >= 4 is 28.6 Å². The van der Waals surface area contributed by atoms with Gasteiger partial charge in [0.2, 0.25) is 0 Å². The number of alkyl halides is 1. The van der Waals surface area contributed by atoms with Crippen molar-refractivity contribution in [2.45, 2.75) is 30.3 Å². The summed E-state index contributed by atoms with van der Waals surface area (Å²) in [4.78, 5) is 11.6. The van der Waals surface area contributed by atoms with Gasteiger partial charge in [0.25, 0.3) is 0 Å². The zero-order valence-electron chi connectivity index (χ0n) is 8.17. The fourth-order valence-electron chi connectivity index (χ4n) is 1.58. The van der Waals surface area contributed by atoms with Crippen LogP contribution in [0.2, 0.25) is 0 Å². The third-order valence-corrected chi connectivity index (χ3v) is 3.34. The fraction of sp³-hybridized carbons (Fsp3) is 0.889. The predicted octanol–water partition coefficient (Wildman–Crippen LogP) is 1.78. The molecule has 1 rings (SSSR count). The molecule has 1 heterocycles. The third kappa shape index (κ3) is 2.34. The number of ether oxygens (including phenoxy) is 2. The van der Waals surface area contributed by atoms with Crippen molar-refractivity contribution in [1.29, 1.82) is 0 Å². The lowest BCUT2D eigenvalue weighted by molar-refractivity contribution is -0.152. The minimum absolute atomic E-state index is 0.131. The van der Waals surface area contributed by atoms with E-state index in [2.05, 4.69) is 22.6 Å². The van der Waals surface area contributed by atoms with E-state index in [0.29, 0.717) is 13.2 Å². The highest BCUT2D eigenvalue weighted by Gasteiger charge is 2.47. The molecule has 0 N–H and O–H groups in total. The first-order valence-electron chi connectivity index (χ1n) is 4.43. The van der Waals surface area contributed by atoms with Gasteiger partial charge in [-0.2, -0.15) is 0 Å². The maximum absolute atomic E-state index is 11.6. The fourth-order valence-corrected chi connectivity index (χ4v) is 2.92. The van der Waals surface area contributed by atoms with Crippen LogP contribution in [0.25, 0.3) is 0 Å². The molecule has 0 aromatic rings. The Morgan fingerprint density at radius 2 is 2.31 bits per heavy atom. The quantitative estimate of drug-likeness (QED) is 0.443. The number of carbonyl (C=O) groups excluding carboxylic acids is 1. The molecular formula is C9H15IO3. The van der Waals surface area contributed by atoms with Gasteiger partial charge in [-0.15, -0.1) is 0 Å². The Labute approximate surface area is 92.3 Å². The summed E-state index contributed by atoms with van der Waals surface area (Å²) in [5.74, 6) is -0.266. The Kier molecular flexibility index (Phi) is 3.57. The molecule has 0 aromatic heterocycles. The van der Waals surface area contributed by atoms with Gasteiger partial charge in [-0.3, -0.25) is 4.79 Å². The Morgan fingerprint density at radius 1 is 1.69 bits per heavy atom. The van der Waals surface area contributed by atoms with Crippen LogP contribution in [0.5, 0.6) is 0 Å². The van der Waals surface area contributed by atoms with Gasteiger partial charge in [0.05, 0.1) is 28.7 Å². The molecule has 76 valence electrons. The van der Waals surface area contributed by atoms with E-state index >= 15 is 0 Å². The molecule has 3 nitrogen and oxygen atoms in total. The van der Waals surface area contributed by atoms with Crippen LogP contribution in [0.3, 0.4) is 0 Å². The molecule has 2 atom stereocenters. The highest BCUT2D eigenvalue weighted by atomic mass is 127. The van der Waals surface area contributed by atoms with Gasteiger partial charge in [0.15, 0.2) is 0 Å². The van der Waals surface area contributed by atoms with Crippen molar-refractivity contribution < 1.29 is 14.3 Å². The Hall–Kier alpha value is 0.160. The topological polar surface area (TPSA) is 35.5 Å². The monoisotopic (exact) mass is 298 g/mol. The molecule has 0 bridgehead atoms. The summed E-state index contributed by atoms with van der Waals surface area (Å²) >= 11 is 2.25. The molecule has 13 heavy (non-hydrogen) atoms. The highest BCUT2D eigenvalue weighted by Crippen LogP contribution is 2.36. The molecule has 0 aromatic carbocycles. The molecule has 0 aliphatic carbocycles. The number of rotatable bonds is 2. The van der Waals surface area contributed by atoms with Crippen molar-refractivity contribution in [3.63, 3.8) is 0 Å². The van der Waals surface area contributed by atoms with E-state index in [4.69, 9.17) is 9.47 Å². The standard InChI is InChI=1S/C9H15IO3/c1-4-12-8(11)7-6(10)5-13-9(7,2)3/h6-7H,4-5H2,1-3H3. The maximum atomic E-state index is 11.6. The highest BCUT2D eigenvalue weighted by molar-refractivity contribution is 14.1. The SMILES string of the molecule is CCOC(=O)C1C(I)COC1(C)C. The van der Waals surface area contributed by atoms with Crippen molar-refractivity contribution in [3.8, 4) is 0 Å². The predicted molar refractivity (Wildman–Crippen MR) is 58.0 cm³/mol. The Bertz CT molecular complexity index is 203. The van der Waals surface area contributed by atoms with Gasteiger partial charge < -0.3 is 9.47 Å². The third-order valence-electron chi connectivity index (χ3n) is 2.27. The van der Waals surface area contributed by atoms with Crippen molar-refractivity contribution in [1.82, 2.24) is 0 Å². The summed E-state index contributed by atoms with van der Waals surface area (Å²) < 4.78 is 10.8. The van der Waals surface area contributed by atoms with E-state index in [0.717, 1.165) is 0 Å². The first-order chi connectivity index (χ1) is 5.99. The number of esters is 1. The van der Waals surface area contributed by atoms with Gasteiger partial charge in [-0.05, 0) is 20.8 Å². The minimum atomic E-state index is -0.377. The van der Waals surface area contributed by atoms with E-state index in [1.165, 1.54) is 0 Å². The van der Waals surface area contributed by atoms with E-state index in [9.17, 15) is 4.79 Å². The largest absolute Gasteiger partial charge is 0.466 e. The van der Waals surface area contributed by atoms with E-state index in [1.54, 1.807) is 0 Å². The second kappa shape index (κ2) is 4.13. The molecule has 1 saturated heterocycles. The second-order valence-corrected chi connectivity index (χ2v) is 5.26. The van der Waals surface area contributed by atoms with Crippen LogP contribution < -0.4 is 0 Å². The lowest BCUT2D eigenvalue weighted by atomic mass is 9.91. The molecule has 4 heteroatoms. The van der Waals surface area contributed by atoms with Gasteiger partial charge in [-0.1, -0.05) is 22.6 Å². The lowest BCUT2D eigenvalue weighted by Crippen LogP contribution is -2.37. The summed E-state index contributed by atoms with van der Waals surface area (Å²) in [7, 11) is 0. The van der Waals surface area contributed by atoms with E-state index < -0.39 is 0 Å². The van der Waals surface area contributed by atoms with Gasteiger partial charge >= 0.3 is 5.97 Å². The van der Waals surface area contributed by atoms with Crippen LogP contribution in [-0.4, -0.2) is 28.7 Å². The van der Waals surface area contributed by atoms with Crippen LogP contribution in [0.1, 0.15) is 20.8 Å². The smallest absolute Gasteiger partial charge is 0.313 e.